The van der Waals surface area contributed by atoms with Crippen LogP contribution in [0.15, 0.2) is 24.5 Å². The van der Waals surface area contributed by atoms with Crippen molar-refractivity contribution in [1.29, 1.82) is 0 Å². The summed E-state index contributed by atoms with van der Waals surface area (Å²) in [4.78, 5) is 3.97. The first-order valence-corrected chi connectivity index (χ1v) is 4.92. The summed E-state index contributed by atoms with van der Waals surface area (Å²) in [6.45, 7) is 2.04. The summed E-state index contributed by atoms with van der Waals surface area (Å²) in [6, 6.07) is 3.93. The Kier molecular flexibility index (Phi) is 2.52. The van der Waals surface area contributed by atoms with Gasteiger partial charge < -0.3 is 9.84 Å². The fraction of sp³-hybridized carbons (Fsp3) is 0.545. The number of hydrogen-bond acceptors (Lipinski definition) is 3. The number of ether oxygens (including phenoxy) is 1. The summed E-state index contributed by atoms with van der Waals surface area (Å²) in [5.41, 5.74) is 0.797. The Balaban J connectivity index is 2.10. The molecule has 0 aliphatic carbocycles. The van der Waals surface area contributed by atoms with E-state index in [1.165, 1.54) is 0 Å². The summed E-state index contributed by atoms with van der Waals surface area (Å²) in [6.07, 6.45) is 5.55. The Bertz CT molecular complexity index is 301. The third kappa shape index (κ3) is 1.79. The molecule has 0 bridgehead atoms. The lowest BCUT2D eigenvalue weighted by Gasteiger charge is -2.22. The van der Waals surface area contributed by atoms with Crippen molar-refractivity contribution in [3.05, 3.63) is 30.1 Å². The number of pyridine rings is 1. The van der Waals surface area contributed by atoms with Crippen molar-refractivity contribution in [3.8, 4) is 0 Å². The molecule has 1 aliphatic rings. The van der Waals surface area contributed by atoms with Gasteiger partial charge in [0.25, 0.3) is 0 Å². The van der Waals surface area contributed by atoms with E-state index in [-0.39, 0.29) is 18.3 Å². The van der Waals surface area contributed by atoms with Crippen LogP contribution in [0.4, 0.5) is 0 Å². The van der Waals surface area contributed by atoms with Crippen molar-refractivity contribution in [3.63, 3.8) is 0 Å². The van der Waals surface area contributed by atoms with E-state index < -0.39 is 0 Å². The van der Waals surface area contributed by atoms with Crippen molar-refractivity contribution in [2.24, 2.45) is 0 Å². The van der Waals surface area contributed by atoms with E-state index in [4.69, 9.17) is 9.84 Å². The zero-order chi connectivity index (χ0) is 10.0. The van der Waals surface area contributed by atoms with Gasteiger partial charge in [-0.15, -0.1) is 0 Å². The van der Waals surface area contributed by atoms with Crippen LogP contribution in [0.1, 0.15) is 31.4 Å². The van der Waals surface area contributed by atoms with Gasteiger partial charge in [-0.1, -0.05) is 0 Å². The van der Waals surface area contributed by atoms with Crippen LogP contribution >= 0.6 is 0 Å². The molecule has 1 N–H and O–H groups in total. The standard InChI is InChI=1S/C11H15NO2/c1-11(8-13)5-2-10(14-11)9-3-6-12-7-4-9/h3-4,6-7,10,13H,2,5,8H2,1H3. The molecule has 1 aromatic heterocycles. The molecular formula is C11H15NO2. The predicted molar refractivity (Wildman–Crippen MR) is 52.8 cm³/mol. The maximum absolute atomic E-state index is 9.15. The largest absolute Gasteiger partial charge is 0.393 e. The van der Waals surface area contributed by atoms with Gasteiger partial charge >= 0.3 is 0 Å². The minimum absolute atomic E-state index is 0.0918. The van der Waals surface area contributed by atoms with Crippen LogP contribution in [-0.2, 0) is 4.74 Å². The van der Waals surface area contributed by atoms with Gasteiger partial charge in [-0.25, -0.2) is 0 Å². The van der Waals surface area contributed by atoms with E-state index in [0.717, 1.165) is 18.4 Å². The first-order chi connectivity index (χ1) is 6.73. The molecule has 1 aromatic rings. The molecule has 0 amide bonds. The maximum atomic E-state index is 9.15. The van der Waals surface area contributed by atoms with Crippen LogP contribution in [0.25, 0.3) is 0 Å². The summed E-state index contributed by atoms with van der Waals surface area (Å²) >= 11 is 0. The van der Waals surface area contributed by atoms with E-state index >= 15 is 0 Å². The summed E-state index contributed by atoms with van der Waals surface area (Å²) < 4.78 is 5.81. The van der Waals surface area contributed by atoms with Crippen LogP contribution < -0.4 is 0 Å². The smallest absolute Gasteiger partial charge is 0.0893 e. The first-order valence-electron chi connectivity index (χ1n) is 4.92. The highest BCUT2D eigenvalue weighted by atomic mass is 16.5. The van der Waals surface area contributed by atoms with Crippen molar-refractivity contribution in [2.45, 2.75) is 31.5 Å². The van der Waals surface area contributed by atoms with Gasteiger partial charge in [0.05, 0.1) is 18.3 Å². The molecule has 0 aromatic carbocycles. The molecule has 2 unspecified atom stereocenters. The average Bonchev–Trinajstić information content (AvgIpc) is 2.63. The van der Waals surface area contributed by atoms with Gasteiger partial charge in [-0.2, -0.15) is 0 Å². The first kappa shape index (κ1) is 9.62. The predicted octanol–water partition coefficient (Wildman–Crippen LogP) is 1.68. The molecule has 1 aliphatic heterocycles. The molecule has 2 atom stereocenters. The van der Waals surface area contributed by atoms with E-state index in [9.17, 15) is 0 Å². The molecule has 3 heteroatoms. The number of aliphatic hydroxyl groups excluding tert-OH is 1. The van der Waals surface area contributed by atoms with Gasteiger partial charge in [0.1, 0.15) is 0 Å². The van der Waals surface area contributed by atoms with Crippen LogP contribution in [0.3, 0.4) is 0 Å². The fourth-order valence-electron chi connectivity index (χ4n) is 1.83. The zero-order valence-corrected chi connectivity index (χ0v) is 8.31. The fourth-order valence-corrected chi connectivity index (χ4v) is 1.83. The van der Waals surface area contributed by atoms with Gasteiger partial charge in [-0.3, -0.25) is 4.98 Å². The molecule has 1 fully saturated rings. The van der Waals surface area contributed by atoms with Gasteiger partial charge in [0.2, 0.25) is 0 Å². The Morgan fingerprint density at radius 2 is 2.29 bits per heavy atom. The molecule has 76 valence electrons. The van der Waals surface area contributed by atoms with E-state index in [1.807, 2.05) is 19.1 Å². The number of rotatable bonds is 2. The molecule has 1 saturated heterocycles. The Morgan fingerprint density at radius 3 is 2.86 bits per heavy atom. The SMILES string of the molecule is CC1(CO)CCC(c2ccncc2)O1. The lowest BCUT2D eigenvalue weighted by Crippen LogP contribution is -2.27. The second kappa shape index (κ2) is 3.67. The van der Waals surface area contributed by atoms with E-state index in [2.05, 4.69) is 4.98 Å². The topological polar surface area (TPSA) is 42.4 Å². The lowest BCUT2D eigenvalue weighted by atomic mass is 10.0. The highest BCUT2D eigenvalue weighted by Crippen LogP contribution is 2.38. The number of nitrogens with zero attached hydrogens (tertiary/aromatic N) is 1. The molecule has 0 radical (unpaired) electrons. The minimum atomic E-state index is -0.353. The van der Waals surface area contributed by atoms with Crippen molar-refractivity contribution in [2.75, 3.05) is 6.61 Å². The third-order valence-electron chi connectivity index (χ3n) is 2.77. The van der Waals surface area contributed by atoms with Gasteiger partial charge in [-0.05, 0) is 37.5 Å². The van der Waals surface area contributed by atoms with Crippen LogP contribution in [0.2, 0.25) is 0 Å². The highest BCUT2D eigenvalue weighted by molar-refractivity contribution is 5.15. The Hall–Kier alpha value is -0.930. The Morgan fingerprint density at radius 1 is 1.57 bits per heavy atom. The van der Waals surface area contributed by atoms with Crippen molar-refractivity contribution in [1.82, 2.24) is 4.98 Å². The summed E-state index contributed by atoms with van der Waals surface area (Å²) in [5.74, 6) is 0. The second-order valence-electron chi connectivity index (χ2n) is 4.03. The molecule has 2 heterocycles. The molecule has 0 spiro atoms. The lowest BCUT2D eigenvalue weighted by molar-refractivity contribution is -0.0618. The monoisotopic (exact) mass is 193 g/mol. The maximum Gasteiger partial charge on any atom is 0.0893 e. The van der Waals surface area contributed by atoms with Crippen LogP contribution in [-0.4, -0.2) is 22.3 Å². The highest BCUT2D eigenvalue weighted by Gasteiger charge is 2.35. The number of aliphatic hydroxyl groups is 1. The van der Waals surface area contributed by atoms with E-state index in [0.29, 0.717) is 0 Å². The number of aromatic nitrogens is 1. The molecular weight excluding hydrogens is 178 g/mol. The molecule has 3 nitrogen and oxygen atoms in total. The van der Waals surface area contributed by atoms with Crippen LogP contribution in [0, 0.1) is 0 Å². The zero-order valence-electron chi connectivity index (χ0n) is 8.31. The summed E-state index contributed by atoms with van der Waals surface area (Å²) in [5, 5.41) is 9.15. The molecule has 14 heavy (non-hydrogen) atoms. The summed E-state index contributed by atoms with van der Waals surface area (Å²) in [7, 11) is 0. The van der Waals surface area contributed by atoms with Crippen molar-refractivity contribution < 1.29 is 9.84 Å². The van der Waals surface area contributed by atoms with E-state index in [1.54, 1.807) is 12.4 Å². The average molecular weight is 193 g/mol. The quantitative estimate of drug-likeness (QED) is 0.777. The van der Waals surface area contributed by atoms with Gasteiger partial charge in [0, 0.05) is 12.4 Å². The van der Waals surface area contributed by atoms with Crippen LogP contribution in [0.5, 0.6) is 0 Å². The Labute approximate surface area is 83.7 Å². The number of hydrogen-bond donors (Lipinski definition) is 1. The molecule has 0 saturated carbocycles. The second-order valence-corrected chi connectivity index (χ2v) is 4.03. The van der Waals surface area contributed by atoms with Gasteiger partial charge in [0.15, 0.2) is 0 Å². The minimum Gasteiger partial charge on any atom is -0.393 e. The normalized spacial score (nSPS) is 32.0. The molecule has 2 rings (SSSR count). The van der Waals surface area contributed by atoms with Crippen molar-refractivity contribution >= 4 is 0 Å². The third-order valence-corrected chi connectivity index (χ3v) is 2.77.